The molecule has 0 aliphatic heterocycles. The lowest BCUT2D eigenvalue weighted by atomic mass is 10.2. The average Bonchev–Trinajstić information content (AvgIpc) is 2.98. The van der Waals surface area contributed by atoms with E-state index in [1.54, 1.807) is 0 Å². The zero-order valence-electron chi connectivity index (χ0n) is 13.4. The van der Waals surface area contributed by atoms with E-state index in [0.29, 0.717) is 6.61 Å². The van der Waals surface area contributed by atoms with Crippen molar-refractivity contribution >= 4 is 28.7 Å². The van der Waals surface area contributed by atoms with Crippen LogP contribution in [0, 0.1) is 0 Å². The van der Waals surface area contributed by atoms with E-state index in [1.807, 2.05) is 54.6 Å². The molecule has 5 nitrogen and oxygen atoms in total. The zero-order chi connectivity index (χ0) is 16.8. The van der Waals surface area contributed by atoms with Crippen LogP contribution in [0.25, 0.3) is 11.0 Å². The maximum Gasteiger partial charge on any atom is 0.254 e. The number of nitrogens with one attached hydrogen (secondary N) is 1. The lowest BCUT2D eigenvalue weighted by molar-refractivity contribution is -0.131. The predicted octanol–water partition coefficient (Wildman–Crippen LogP) is 3.40. The van der Waals surface area contributed by atoms with Gasteiger partial charge >= 0.3 is 0 Å². The van der Waals surface area contributed by atoms with Gasteiger partial charge in [-0.15, -0.1) is 0 Å². The van der Waals surface area contributed by atoms with E-state index in [2.05, 4.69) is 22.0 Å². The van der Waals surface area contributed by atoms with Crippen molar-refractivity contribution in [2.45, 2.75) is 25.2 Å². The van der Waals surface area contributed by atoms with Gasteiger partial charge in [0.25, 0.3) is 5.91 Å². The topological polar surface area (TPSA) is 56.2 Å². The van der Waals surface area contributed by atoms with Crippen molar-refractivity contribution < 1.29 is 9.63 Å². The fourth-order valence-electron chi connectivity index (χ4n) is 2.40. The maximum absolute atomic E-state index is 11.9. The Labute approximate surface area is 145 Å². The second-order valence-corrected chi connectivity index (χ2v) is 6.16. The van der Waals surface area contributed by atoms with Gasteiger partial charge in [-0.05, 0) is 24.6 Å². The van der Waals surface area contributed by atoms with E-state index < -0.39 is 0 Å². The molecule has 0 unspecified atom stereocenters. The Balaban J connectivity index is 1.53. The molecule has 0 aliphatic rings. The van der Waals surface area contributed by atoms with E-state index in [1.165, 1.54) is 11.8 Å². The third-order valence-electron chi connectivity index (χ3n) is 3.54. The van der Waals surface area contributed by atoms with Crippen LogP contribution in [0.5, 0.6) is 0 Å². The van der Waals surface area contributed by atoms with E-state index in [9.17, 15) is 4.79 Å². The molecule has 0 bridgehead atoms. The van der Waals surface area contributed by atoms with Gasteiger partial charge in [-0.2, -0.15) is 0 Å². The smallest absolute Gasteiger partial charge is 0.254 e. The summed E-state index contributed by atoms with van der Waals surface area (Å²) in [6.07, 6.45) is 0. The van der Waals surface area contributed by atoms with Crippen LogP contribution in [0.1, 0.15) is 12.5 Å². The number of carbonyl (C=O) groups excluding carboxylic acids is 1. The molecule has 0 spiro atoms. The number of rotatable bonds is 7. The Morgan fingerprint density at radius 1 is 1.17 bits per heavy atom. The second-order valence-electron chi connectivity index (χ2n) is 5.22. The summed E-state index contributed by atoms with van der Waals surface area (Å²) in [6, 6.07) is 17.7. The van der Waals surface area contributed by atoms with Gasteiger partial charge in [-0.3, -0.25) is 9.63 Å². The summed E-state index contributed by atoms with van der Waals surface area (Å²) in [5, 5.41) is 0.844. The van der Waals surface area contributed by atoms with Crippen LogP contribution in [0.2, 0.25) is 0 Å². The summed E-state index contributed by atoms with van der Waals surface area (Å²) in [5.41, 5.74) is 5.52. The van der Waals surface area contributed by atoms with Gasteiger partial charge < -0.3 is 4.57 Å². The minimum atomic E-state index is -0.175. The SMILES string of the molecule is CCn1c(SCC(=O)NOCc2ccccc2)nc2ccccc21. The lowest BCUT2D eigenvalue weighted by Crippen LogP contribution is -2.25. The van der Waals surface area contributed by atoms with Crippen LogP contribution >= 0.6 is 11.8 Å². The van der Waals surface area contributed by atoms with E-state index in [4.69, 9.17) is 4.84 Å². The molecule has 2 aromatic carbocycles. The molecule has 0 radical (unpaired) electrons. The van der Waals surface area contributed by atoms with Gasteiger partial charge in [0, 0.05) is 6.54 Å². The summed E-state index contributed by atoms with van der Waals surface area (Å²) in [5.74, 6) is 0.0867. The highest BCUT2D eigenvalue weighted by Crippen LogP contribution is 2.23. The fourth-order valence-corrected chi connectivity index (χ4v) is 3.27. The number of nitrogens with zero attached hydrogens (tertiary/aromatic N) is 2. The van der Waals surface area contributed by atoms with Crippen molar-refractivity contribution in [2.75, 3.05) is 5.75 Å². The largest absolute Gasteiger partial charge is 0.319 e. The number of carbonyl (C=O) groups is 1. The number of aromatic nitrogens is 2. The first kappa shape index (κ1) is 16.5. The van der Waals surface area contributed by atoms with Crippen LogP contribution in [0.15, 0.2) is 59.8 Å². The van der Waals surface area contributed by atoms with E-state index >= 15 is 0 Å². The van der Waals surface area contributed by atoms with Crippen molar-refractivity contribution in [3.05, 3.63) is 60.2 Å². The molecule has 3 rings (SSSR count). The molecular weight excluding hydrogens is 322 g/mol. The molecule has 3 aromatic rings. The molecular formula is C18H19N3O2S. The molecule has 24 heavy (non-hydrogen) atoms. The molecule has 0 saturated carbocycles. The molecule has 0 saturated heterocycles. The number of thioether (sulfide) groups is 1. The summed E-state index contributed by atoms with van der Waals surface area (Å²) in [4.78, 5) is 21.8. The van der Waals surface area contributed by atoms with Crippen LogP contribution in [0.3, 0.4) is 0 Å². The Morgan fingerprint density at radius 3 is 2.71 bits per heavy atom. The number of hydrogen-bond acceptors (Lipinski definition) is 4. The van der Waals surface area contributed by atoms with Gasteiger partial charge in [-0.1, -0.05) is 54.2 Å². The van der Waals surface area contributed by atoms with Crippen LogP contribution in [-0.2, 0) is 22.8 Å². The molecule has 1 heterocycles. The Bertz CT molecular complexity index is 818. The van der Waals surface area contributed by atoms with Gasteiger partial charge in [0.05, 0.1) is 23.4 Å². The van der Waals surface area contributed by atoms with Gasteiger partial charge in [-0.25, -0.2) is 10.5 Å². The first-order valence-corrected chi connectivity index (χ1v) is 8.79. The van der Waals surface area contributed by atoms with Crippen molar-refractivity contribution in [1.82, 2.24) is 15.0 Å². The molecule has 124 valence electrons. The monoisotopic (exact) mass is 341 g/mol. The van der Waals surface area contributed by atoms with E-state index in [-0.39, 0.29) is 11.7 Å². The van der Waals surface area contributed by atoms with Crippen molar-refractivity contribution in [2.24, 2.45) is 0 Å². The highest BCUT2D eigenvalue weighted by molar-refractivity contribution is 7.99. The quantitative estimate of drug-likeness (QED) is 0.529. The van der Waals surface area contributed by atoms with Crippen molar-refractivity contribution in [3.63, 3.8) is 0 Å². The Morgan fingerprint density at radius 2 is 1.92 bits per heavy atom. The first-order valence-electron chi connectivity index (χ1n) is 7.80. The molecule has 1 amide bonds. The highest BCUT2D eigenvalue weighted by atomic mass is 32.2. The van der Waals surface area contributed by atoms with Gasteiger partial charge in [0.15, 0.2) is 5.16 Å². The second kappa shape index (κ2) is 7.99. The summed E-state index contributed by atoms with van der Waals surface area (Å²) >= 11 is 1.41. The zero-order valence-corrected chi connectivity index (χ0v) is 14.3. The average molecular weight is 341 g/mol. The number of amides is 1. The molecule has 0 aliphatic carbocycles. The first-order chi connectivity index (χ1) is 11.8. The molecule has 1 N–H and O–H groups in total. The predicted molar refractivity (Wildman–Crippen MR) is 95.5 cm³/mol. The number of benzene rings is 2. The van der Waals surface area contributed by atoms with Crippen LogP contribution in [-0.4, -0.2) is 21.2 Å². The van der Waals surface area contributed by atoms with Crippen molar-refractivity contribution in [3.8, 4) is 0 Å². The lowest BCUT2D eigenvalue weighted by Gasteiger charge is -2.07. The fraction of sp³-hybridized carbons (Fsp3) is 0.222. The normalized spacial score (nSPS) is 10.9. The van der Waals surface area contributed by atoms with Crippen LogP contribution < -0.4 is 5.48 Å². The van der Waals surface area contributed by atoms with Crippen molar-refractivity contribution in [1.29, 1.82) is 0 Å². The minimum Gasteiger partial charge on any atom is -0.319 e. The van der Waals surface area contributed by atoms with Crippen LogP contribution in [0.4, 0.5) is 0 Å². The van der Waals surface area contributed by atoms with Gasteiger partial charge in [0.1, 0.15) is 0 Å². The number of imidazole rings is 1. The number of para-hydroxylation sites is 2. The maximum atomic E-state index is 11.9. The third-order valence-corrected chi connectivity index (χ3v) is 4.51. The molecule has 0 atom stereocenters. The molecule has 6 heteroatoms. The minimum absolute atomic E-state index is 0.175. The number of hydrogen-bond donors (Lipinski definition) is 1. The number of fused-ring (bicyclic) bond motifs is 1. The Hall–Kier alpha value is -2.31. The van der Waals surface area contributed by atoms with E-state index in [0.717, 1.165) is 28.3 Å². The number of hydroxylamine groups is 1. The summed E-state index contributed by atoms with van der Waals surface area (Å²) in [6.45, 7) is 3.24. The standard InChI is InChI=1S/C18H19N3O2S/c1-2-21-16-11-7-6-10-15(16)19-18(21)24-13-17(22)20-23-12-14-8-4-3-5-9-14/h3-11H,2,12-13H2,1H3,(H,20,22). The highest BCUT2D eigenvalue weighted by Gasteiger charge is 2.11. The van der Waals surface area contributed by atoms with Gasteiger partial charge in [0.2, 0.25) is 0 Å². The summed E-state index contributed by atoms with van der Waals surface area (Å²) in [7, 11) is 0. The number of aryl methyl sites for hydroxylation is 1. The third kappa shape index (κ3) is 3.96. The Kier molecular flexibility index (Phi) is 5.51. The summed E-state index contributed by atoms with van der Waals surface area (Å²) < 4.78 is 2.11. The molecule has 0 fully saturated rings. The molecule has 1 aromatic heterocycles.